The van der Waals surface area contributed by atoms with Crippen molar-refractivity contribution in [1.29, 1.82) is 0 Å². The normalized spacial score (nSPS) is 18.7. The number of rotatable bonds is 5. The van der Waals surface area contributed by atoms with Gasteiger partial charge in [-0.25, -0.2) is 15.0 Å². The van der Waals surface area contributed by atoms with Crippen LogP contribution in [0.25, 0.3) is 10.8 Å². The highest BCUT2D eigenvalue weighted by Gasteiger charge is 2.31. The van der Waals surface area contributed by atoms with Gasteiger partial charge < -0.3 is 5.32 Å². The molecule has 1 amide bonds. The van der Waals surface area contributed by atoms with E-state index in [1.807, 2.05) is 6.92 Å². The van der Waals surface area contributed by atoms with Gasteiger partial charge in [-0.15, -0.1) is 11.3 Å². The lowest BCUT2D eigenvalue weighted by Gasteiger charge is -2.43. The maximum Gasteiger partial charge on any atom is 0.263 e. The molecule has 1 aliphatic rings. The number of aromatic nitrogens is 3. The number of likely N-dealkylation sites (tertiary alicyclic amines) is 1. The van der Waals surface area contributed by atoms with Crippen molar-refractivity contribution < 1.29 is 4.79 Å². The molecule has 0 aliphatic carbocycles. The van der Waals surface area contributed by atoms with Crippen LogP contribution in [0.15, 0.2) is 18.5 Å². The second-order valence-corrected chi connectivity index (χ2v) is 8.69. The van der Waals surface area contributed by atoms with Gasteiger partial charge in [-0.05, 0) is 52.1 Å². The molecule has 3 rings (SSSR count). The first-order valence-electron chi connectivity index (χ1n) is 9.15. The Bertz CT molecular complexity index is 759. The molecule has 2 aromatic heterocycles. The lowest BCUT2D eigenvalue weighted by Crippen LogP contribution is -2.54. The van der Waals surface area contributed by atoms with E-state index >= 15 is 0 Å². The largest absolute Gasteiger partial charge is 0.349 e. The molecular formula is C19H27N5OS. The summed E-state index contributed by atoms with van der Waals surface area (Å²) in [6.45, 7) is 11.4. The van der Waals surface area contributed by atoms with E-state index in [1.165, 1.54) is 24.2 Å². The third kappa shape index (κ3) is 4.27. The molecule has 0 saturated carbocycles. The van der Waals surface area contributed by atoms with Crippen molar-refractivity contribution in [3.05, 3.63) is 29.0 Å². The van der Waals surface area contributed by atoms with Gasteiger partial charge in [0.15, 0.2) is 10.8 Å². The highest BCUT2D eigenvalue weighted by atomic mass is 32.1. The third-order valence-corrected chi connectivity index (χ3v) is 6.11. The van der Waals surface area contributed by atoms with Crippen molar-refractivity contribution in [2.45, 2.75) is 46.1 Å². The van der Waals surface area contributed by atoms with E-state index in [2.05, 4.69) is 45.9 Å². The molecule has 1 aliphatic heterocycles. The van der Waals surface area contributed by atoms with E-state index < -0.39 is 0 Å². The van der Waals surface area contributed by atoms with E-state index in [4.69, 9.17) is 0 Å². The lowest BCUT2D eigenvalue weighted by atomic mass is 9.93. The predicted octanol–water partition coefficient (Wildman–Crippen LogP) is 3.15. The summed E-state index contributed by atoms with van der Waals surface area (Å²) in [6, 6.07) is 1.76. The van der Waals surface area contributed by atoms with Gasteiger partial charge >= 0.3 is 0 Å². The predicted molar refractivity (Wildman–Crippen MR) is 104 cm³/mol. The van der Waals surface area contributed by atoms with E-state index in [9.17, 15) is 4.79 Å². The number of piperidine rings is 1. The quantitative estimate of drug-likeness (QED) is 0.872. The van der Waals surface area contributed by atoms with Crippen LogP contribution in [0.2, 0.25) is 0 Å². The number of carbonyl (C=O) groups excluding carboxylic acids is 1. The van der Waals surface area contributed by atoms with Gasteiger partial charge in [-0.2, -0.15) is 0 Å². The summed E-state index contributed by atoms with van der Waals surface area (Å²) in [7, 11) is 0. The van der Waals surface area contributed by atoms with Gasteiger partial charge in [0.25, 0.3) is 5.91 Å². The smallest absolute Gasteiger partial charge is 0.263 e. The number of thiazole rings is 1. The van der Waals surface area contributed by atoms with Crippen LogP contribution in [0.4, 0.5) is 0 Å². The van der Waals surface area contributed by atoms with Crippen molar-refractivity contribution in [3.63, 3.8) is 0 Å². The summed E-state index contributed by atoms with van der Waals surface area (Å²) in [5, 5.41) is 3.78. The fraction of sp³-hybridized carbons (Fsp3) is 0.579. The second-order valence-electron chi connectivity index (χ2n) is 7.69. The zero-order valence-electron chi connectivity index (χ0n) is 16.0. The van der Waals surface area contributed by atoms with Crippen molar-refractivity contribution >= 4 is 17.2 Å². The van der Waals surface area contributed by atoms with Gasteiger partial charge in [-0.1, -0.05) is 6.92 Å². The molecule has 1 fully saturated rings. The van der Waals surface area contributed by atoms with Crippen molar-refractivity contribution in [1.82, 2.24) is 25.2 Å². The van der Waals surface area contributed by atoms with Crippen LogP contribution in [0.3, 0.4) is 0 Å². The summed E-state index contributed by atoms with van der Waals surface area (Å²) in [5.74, 6) is 1.21. The molecule has 1 atom stereocenters. The van der Waals surface area contributed by atoms with Crippen molar-refractivity contribution in [3.8, 4) is 10.8 Å². The zero-order valence-corrected chi connectivity index (χ0v) is 16.8. The van der Waals surface area contributed by atoms with E-state index in [0.29, 0.717) is 22.3 Å². The SMILES string of the molecule is Cc1nc(-c2ncccn2)sc1C(=O)NCC(C)(C)N1CCCC(C)C1. The fourth-order valence-corrected chi connectivity index (χ4v) is 4.27. The molecule has 140 valence electrons. The maximum atomic E-state index is 12.7. The van der Waals surface area contributed by atoms with Crippen LogP contribution in [0.5, 0.6) is 0 Å². The average molecular weight is 374 g/mol. The van der Waals surface area contributed by atoms with Gasteiger partial charge in [-0.3, -0.25) is 9.69 Å². The molecule has 6 nitrogen and oxygen atoms in total. The van der Waals surface area contributed by atoms with Crippen molar-refractivity contribution in [2.24, 2.45) is 5.92 Å². The minimum absolute atomic E-state index is 0.0612. The molecule has 0 radical (unpaired) electrons. The fourth-order valence-electron chi connectivity index (χ4n) is 3.34. The number of carbonyl (C=O) groups is 1. The molecule has 0 aromatic carbocycles. The Kier molecular flexibility index (Phi) is 5.67. The highest BCUT2D eigenvalue weighted by molar-refractivity contribution is 7.17. The van der Waals surface area contributed by atoms with Crippen LogP contribution >= 0.6 is 11.3 Å². The van der Waals surface area contributed by atoms with Gasteiger partial charge in [0.2, 0.25) is 0 Å². The van der Waals surface area contributed by atoms with Crippen LogP contribution in [0.1, 0.15) is 49.0 Å². The summed E-state index contributed by atoms with van der Waals surface area (Å²) in [4.78, 5) is 28.7. The van der Waals surface area contributed by atoms with E-state index in [-0.39, 0.29) is 11.4 Å². The summed E-state index contributed by atoms with van der Waals surface area (Å²) in [6.07, 6.45) is 5.89. The van der Waals surface area contributed by atoms with Crippen LogP contribution in [-0.4, -0.2) is 50.9 Å². The lowest BCUT2D eigenvalue weighted by molar-refractivity contribution is 0.0658. The molecule has 0 bridgehead atoms. The number of nitrogens with one attached hydrogen (secondary N) is 1. The summed E-state index contributed by atoms with van der Waals surface area (Å²) < 4.78 is 0. The number of hydrogen-bond acceptors (Lipinski definition) is 6. The van der Waals surface area contributed by atoms with Gasteiger partial charge in [0.1, 0.15) is 4.88 Å². The standard InChI is InChI=1S/C19H27N5OS/c1-13-7-5-10-24(11-13)19(3,4)12-22-17(25)15-14(2)23-18(26-15)16-20-8-6-9-21-16/h6,8-9,13H,5,7,10-12H2,1-4H3,(H,22,25). The van der Waals surface area contributed by atoms with Crippen LogP contribution in [0, 0.1) is 12.8 Å². The second kappa shape index (κ2) is 7.80. The molecule has 0 spiro atoms. The molecule has 1 saturated heterocycles. The Morgan fingerprint density at radius 3 is 2.81 bits per heavy atom. The minimum atomic E-state index is -0.0692. The van der Waals surface area contributed by atoms with E-state index in [1.54, 1.807) is 18.5 Å². The molecule has 2 aromatic rings. The summed E-state index contributed by atoms with van der Waals surface area (Å²) >= 11 is 1.35. The molecule has 1 unspecified atom stereocenters. The Morgan fingerprint density at radius 2 is 2.12 bits per heavy atom. The highest BCUT2D eigenvalue weighted by Crippen LogP contribution is 2.26. The average Bonchev–Trinajstić information content (AvgIpc) is 3.02. The first-order valence-corrected chi connectivity index (χ1v) is 9.96. The number of hydrogen-bond donors (Lipinski definition) is 1. The minimum Gasteiger partial charge on any atom is -0.349 e. The first-order chi connectivity index (χ1) is 12.4. The van der Waals surface area contributed by atoms with Gasteiger partial charge in [0, 0.05) is 31.0 Å². The maximum absolute atomic E-state index is 12.7. The summed E-state index contributed by atoms with van der Waals surface area (Å²) in [5.41, 5.74) is 0.660. The third-order valence-electron chi connectivity index (χ3n) is 4.95. The molecule has 26 heavy (non-hydrogen) atoms. The number of aryl methyl sites for hydroxylation is 1. The topological polar surface area (TPSA) is 71.0 Å². The zero-order chi connectivity index (χ0) is 18.7. The Balaban J connectivity index is 1.66. The van der Waals surface area contributed by atoms with Crippen LogP contribution < -0.4 is 5.32 Å². The first kappa shape index (κ1) is 18.9. The Morgan fingerprint density at radius 1 is 1.38 bits per heavy atom. The monoisotopic (exact) mass is 373 g/mol. The molecule has 3 heterocycles. The molecular weight excluding hydrogens is 346 g/mol. The van der Waals surface area contributed by atoms with Crippen molar-refractivity contribution in [2.75, 3.05) is 19.6 Å². The molecule has 7 heteroatoms. The Hall–Kier alpha value is -1.86. The molecule has 1 N–H and O–H groups in total. The Labute approximate surface area is 159 Å². The number of amides is 1. The van der Waals surface area contributed by atoms with Crippen LogP contribution in [-0.2, 0) is 0 Å². The van der Waals surface area contributed by atoms with E-state index in [0.717, 1.165) is 24.7 Å². The van der Waals surface area contributed by atoms with Gasteiger partial charge in [0.05, 0.1) is 5.69 Å². The number of nitrogens with zero attached hydrogens (tertiary/aromatic N) is 4.